The summed E-state index contributed by atoms with van der Waals surface area (Å²) in [5, 5.41) is 0. The average molecular weight is 276 g/mol. The predicted octanol–water partition coefficient (Wildman–Crippen LogP) is 2.81. The van der Waals surface area contributed by atoms with Gasteiger partial charge in [-0.25, -0.2) is 0 Å². The van der Waals surface area contributed by atoms with Gasteiger partial charge in [-0.2, -0.15) is 0 Å². The molecular weight excluding hydrogens is 252 g/mol. The minimum Gasteiger partial charge on any atom is -0.335 e. The quantitative estimate of drug-likeness (QED) is 0.919. The van der Waals surface area contributed by atoms with Gasteiger partial charge in [0.15, 0.2) is 0 Å². The number of nitrogens with one attached hydrogen (secondary N) is 1. The van der Waals surface area contributed by atoms with E-state index in [0.717, 1.165) is 19.4 Å². The minimum atomic E-state index is -0.172. The zero-order valence-corrected chi connectivity index (χ0v) is 12.4. The fraction of sp³-hybridized carbons (Fsp3) is 0.625. The van der Waals surface area contributed by atoms with Crippen molar-refractivity contribution in [1.82, 2.24) is 9.88 Å². The van der Waals surface area contributed by atoms with E-state index in [9.17, 15) is 9.59 Å². The summed E-state index contributed by atoms with van der Waals surface area (Å²) in [5.74, 6) is 0.491. The Labute approximate surface area is 120 Å². The molecular formula is C16H24N2O2. The van der Waals surface area contributed by atoms with Crippen molar-refractivity contribution in [2.45, 2.75) is 52.0 Å². The normalized spacial score (nSPS) is 16.4. The maximum atomic E-state index is 12.7. The van der Waals surface area contributed by atoms with Crippen molar-refractivity contribution in [2.75, 3.05) is 6.54 Å². The number of rotatable bonds is 4. The molecule has 1 fully saturated rings. The van der Waals surface area contributed by atoms with Crippen molar-refractivity contribution in [3.8, 4) is 0 Å². The summed E-state index contributed by atoms with van der Waals surface area (Å²) in [6, 6.07) is 3.39. The number of carbonyl (C=O) groups excluding carboxylic acids is 1. The highest BCUT2D eigenvalue weighted by atomic mass is 16.2. The number of carbonyl (C=O) groups is 1. The fourth-order valence-corrected chi connectivity index (χ4v) is 2.89. The molecule has 1 aliphatic rings. The third-order valence-electron chi connectivity index (χ3n) is 3.87. The van der Waals surface area contributed by atoms with E-state index in [-0.39, 0.29) is 11.5 Å². The van der Waals surface area contributed by atoms with Crippen molar-refractivity contribution in [3.63, 3.8) is 0 Å². The summed E-state index contributed by atoms with van der Waals surface area (Å²) in [5.41, 5.74) is 0.408. The smallest absolute Gasteiger partial charge is 0.255 e. The highest BCUT2D eigenvalue weighted by Crippen LogP contribution is 2.24. The number of aromatic amines is 1. The number of aromatic nitrogens is 1. The standard InChI is InChI=1S/C16H24N2O2/c1-12(2)11-18(14-6-4-3-5-7-14)16(20)13-8-9-15(19)17-10-13/h8-10,12,14H,3-7,11H2,1-2H3,(H,17,19). The molecule has 0 saturated heterocycles. The summed E-state index contributed by atoms with van der Waals surface area (Å²) >= 11 is 0. The first kappa shape index (κ1) is 14.8. The molecule has 2 rings (SSSR count). The maximum Gasteiger partial charge on any atom is 0.255 e. The molecule has 1 heterocycles. The van der Waals surface area contributed by atoms with Crippen molar-refractivity contribution >= 4 is 5.91 Å². The van der Waals surface area contributed by atoms with Crippen LogP contribution in [0, 0.1) is 5.92 Å². The van der Waals surface area contributed by atoms with E-state index in [1.54, 1.807) is 6.07 Å². The zero-order chi connectivity index (χ0) is 14.5. The summed E-state index contributed by atoms with van der Waals surface area (Å²) in [4.78, 5) is 28.4. The molecule has 110 valence electrons. The van der Waals surface area contributed by atoms with Crippen LogP contribution in [0.15, 0.2) is 23.1 Å². The van der Waals surface area contributed by atoms with Gasteiger partial charge in [-0.15, -0.1) is 0 Å². The van der Waals surface area contributed by atoms with Gasteiger partial charge >= 0.3 is 0 Å². The summed E-state index contributed by atoms with van der Waals surface area (Å²) in [6.07, 6.45) is 7.42. The van der Waals surface area contributed by atoms with Gasteiger partial charge in [-0.05, 0) is 24.8 Å². The van der Waals surface area contributed by atoms with Gasteiger partial charge in [0.2, 0.25) is 5.56 Å². The molecule has 1 amide bonds. The lowest BCUT2D eigenvalue weighted by Gasteiger charge is -2.35. The summed E-state index contributed by atoms with van der Waals surface area (Å²) in [6.45, 7) is 5.05. The fourth-order valence-electron chi connectivity index (χ4n) is 2.89. The van der Waals surface area contributed by atoms with E-state index in [1.165, 1.54) is 31.5 Å². The van der Waals surface area contributed by atoms with Crippen LogP contribution in [0.25, 0.3) is 0 Å². The lowest BCUT2D eigenvalue weighted by atomic mass is 9.93. The number of hydrogen-bond acceptors (Lipinski definition) is 2. The lowest BCUT2D eigenvalue weighted by molar-refractivity contribution is 0.0604. The minimum absolute atomic E-state index is 0.0434. The van der Waals surface area contributed by atoms with E-state index in [2.05, 4.69) is 18.8 Å². The number of hydrogen-bond donors (Lipinski definition) is 1. The Bertz CT molecular complexity index is 481. The van der Waals surface area contributed by atoms with E-state index in [0.29, 0.717) is 17.5 Å². The lowest BCUT2D eigenvalue weighted by Crippen LogP contribution is -2.43. The van der Waals surface area contributed by atoms with Crippen molar-refractivity contribution < 1.29 is 4.79 Å². The molecule has 20 heavy (non-hydrogen) atoms. The molecule has 0 aliphatic heterocycles. The van der Waals surface area contributed by atoms with Gasteiger partial charge in [-0.1, -0.05) is 33.1 Å². The highest BCUT2D eigenvalue weighted by molar-refractivity contribution is 5.94. The predicted molar refractivity (Wildman–Crippen MR) is 79.8 cm³/mol. The Morgan fingerprint density at radius 3 is 2.55 bits per heavy atom. The molecule has 0 aromatic carbocycles. The van der Waals surface area contributed by atoms with Crippen LogP contribution >= 0.6 is 0 Å². The molecule has 4 heteroatoms. The third kappa shape index (κ3) is 3.71. The first-order valence-corrected chi connectivity index (χ1v) is 7.57. The van der Waals surface area contributed by atoms with Gasteiger partial charge in [0.05, 0.1) is 5.56 Å². The molecule has 1 saturated carbocycles. The van der Waals surface area contributed by atoms with Crippen molar-refractivity contribution in [1.29, 1.82) is 0 Å². The largest absolute Gasteiger partial charge is 0.335 e. The van der Waals surface area contributed by atoms with Crippen LogP contribution in [0.5, 0.6) is 0 Å². The van der Waals surface area contributed by atoms with Gasteiger partial charge in [0.1, 0.15) is 0 Å². The van der Waals surface area contributed by atoms with E-state index in [4.69, 9.17) is 0 Å². The Morgan fingerprint density at radius 2 is 2.00 bits per heavy atom. The Balaban J connectivity index is 2.18. The first-order valence-electron chi connectivity index (χ1n) is 7.57. The maximum absolute atomic E-state index is 12.7. The molecule has 1 aromatic heterocycles. The molecule has 0 atom stereocenters. The average Bonchev–Trinajstić information content (AvgIpc) is 2.45. The van der Waals surface area contributed by atoms with Crippen LogP contribution in [-0.4, -0.2) is 28.4 Å². The molecule has 0 bridgehead atoms. The number of amides is 1. The van der Waals surface area contributed by atoms with E-state index >= 15 is 0 Å². The monoisotopic (exact) mass is 276 g/mol. The number of H-pyrrole nitrogens is 1. The van der Waals surface area contributed by atoms with Gasteiger partial charge in [-0.3, -0.25) is 9.59 Å². The van der Waals surface area contributed by atoms with Gasteiger partial charge < -0.3 is 9.88 Å². The van der Waals surface area contributed by atoms with E-state index < -0.39 is 0 Å². The van der Waals surface area contributed by atoms with Crippen molar-refractivity contribution in [3.05, 3.63) is 34.2 Å². The van der Waals surface area contributed by atoms with Crippen LogP contribution in [0.3, 0.4) is 0 Å². The van der Waals surface area contributed by atoms with Crippen LogP contribution in [-0.2, 0) is 0 Å². The van der Waals surface area contributed by atoms with Crippen molar-refractivity contribution in [2.24, 2.45) is 5.92 Å². The first-order chi connectivity index (χ1) is 9.58. The van der Waals surface area contributed by atoms with Crippen LogP contribution in [0.4, 0.5) is 0 Å². The third-order valence-corrected chi connectivity index (χ3v) is 3.87. The number of pyridine rings is 1. The van der Waals surface area contributed by atoms with Gasteiger partial charge in [0.25, 0.3) is 5.91 Å². The number of nitrogens with zero attached hydrogens (tertiary/aromatic N) is 1. The summed E-state index contributed by atoms with van der Waals surface area (Å²) < 4.78 is 0. The molecule has 0 unspecified atom stereocenters. The second-order valence-electron chi connectivity index (χ2n) is 6.08. The molecule has 1 aromatic rings. The Morgan fingerprint density at radius 1 is 1.30 bits per heavy atom. The Kier molecular flexibility index (Phi) is 4.99. The summed E-state index contributed by atoms with van der Waals surface area (Å²) in [7, 11) is 0. The zero-order valence-electron chi connectivity index (χ0n) is 12.4. The SMILES string of the molecule is CC(C)CN(C(=O)c1ccc(=O)[nH]c1)C1CCCCC1. The molecule has 0 radical (unpaired) electrons. The van der Waals surface area contributed by atoms with Gasteiger partial charge in [0, 0.05) is 24.8 Å². The van der Waals surface area contributed by atoms with E-state index in [1.807, 2.05) is 4.90 Å². The van der Waals surface area contributed by atoms with Crippen LogP contribution < -0.4 is 5.56 Å². The molecule has 4 nitrogen and oxygen atoms in total. The van der Waals surface area contributed by atoms with Crippen LogP contribution in [0.2, 0.25) is 0 Å². The molecule has 0 spiro atoms. The second-order valence-corrected chi connectivity index (χ2v) is 6.08. The molecule has 1 N–H and O–H groups in total. The topological polar surface area (TPSA) is 53.2 Å². The highest BCUT2D eigenvalue weighted by Gasteiger charge is 2.26. The second kappa shape index (κ2) is 6.73. The van der Waals surface area contributed by atoms with Crippen LogP contribution in [0.1, 0.15) is 56.3 Å². The Hall–Kier alpha value is -1.58. The molecule has 1 aliphatic carbocycles.